The molecule has 0 spiro atoms. The highest BCUT2D eigenvalue weighted by Crippen LogP contribution is 2.21. The maximum absolute atomic E-state index is 13.4. The summed E-state index contributed by atoms with van der Waals surface area (Å²) in [7, 11) is 0. The highest BCUT2D eigenvalue weighted by molar-refractivity contribution is 5.94. The summed E-state index contributed by atoms with van der Waals surface area (Å²) >= 11 is 0. The minimum atomic E-state index is -1.13. The van der Waals surface area contributed by atoms with Gasteiger partial charge in [-0.05, 0) is 43.7 Å². The van der Waals surface area contributed by atoms with E-state index in [0.29, 0.717) is 19.4 Å². The fourth-order valence-corrected chi connectivity index (χ4v) is 4.48. The van der Waals surface area contributed by atoms with Crippen molar-refractivity contribution in [1.29, 1.82) is 0 Å². The second kappa shape index (κ2) is 11.3. The van der Waals surface area contributed by atoms with Gasteiger partial charge in [-0.15, -0.1) is 0 Å². The number of nitrogens with zero attached hydrogens (tertiary/aromatic N) is 1. The summed E-state index contributed by atoms with van der Waals surface area (Å²) in [5.41, 5.74) is 0.799. The standard InChI is InChI=1S/C24H34N4O5/c1-15(2)20(27-21(29)17-10-6-12-25-17)23(31)28-13-7-11-19(28)22(30)26-18(24(32)33)14-16-8-4-3-5-9-16/h3-5,8-9,15,17-20,25H,6-7,10-14H2,1-2H3,(H,26,30)(H,27,29)(H,32,33). The first-order chi connectivity index (χ1) is 15.8. The van der Waals surface area contributed by atoms with E-state index >= 15 is 0 Å². The highest BCUT2D eigenvalue weighted by Gasteiger charge is 2.40. The van der Waals surface area contributed by atoms with Gasteiger partial charge in [-0.1, -0.05) is 44.2 Å². The van der Waals surface area contributed by atoms with Gasteiger partial charge in [0, 0.05) is 13.0 Å². The van der Waals surface area contributed by atoms with Gasteiger partial charge in [0.05, 0.1) is 6.04 Å². The van der Waals surface area contributed by atoms with Gasteiger partial charge < -0.3 is 26.0 Å². The lowest BCUT2D eigenvalue weighted by atomic mass is 10.0. The number of hydrogen-bond donors (Lipinski definition) is 4. The van der Waals surface area contributed by atoms with Gasteiger partial charge in [-0.25, -0.2) is 4.79 Å². The van der Waals surface area contributed by atoms with Crippen LogP contribution in [0.4, 0.5) is 0 Å². The van der Waals surface area contributed by atoms with Crippen molar-refractivity contribution >= 4 is 23.7 Å². The molecule has 180 valence electrons. The normalized spacial score (nSPS) is 22.1. The molecular weight excluding hydrogens is 424 g/mol. The molecule has 3 amide bonds. The molecule has 2 heterocycles. The number of rotatable bonds is 9. The van der Waals surface area contributed by atoms with Crippen LogP contribution in [0.5, 0.6) is 0 Å². The van der Waals surface area contributed by atoms with Crippen LogP contribution < -0.4 is 16.0 Å². The number of amides is 3. The summed E-state index contributed by atoms with van der Waals surface area (Å²) < 4.78 is 0. The zero-order valence-corrected chi connectivity index (χ0v) is 19.3. The van der Waals surface area contributed by atoms with Crippen molar-refractivity contribution in [2.24, 2.45) is 5.92 Å². The third kappa shape index (κ3) is 6.31. The van der Waals surface area contributed by atoms with E-state index in [1.54, 1.807) is 0 Å². The molecule has 0 saturated carbocycles. The van der Waals surface area contributed by atoms with Crippen LogP contribution in [0.2, 0.25) is 0 Å². The zero-order valence-electron chi connectivity index (χ0n) is 19.3. The first kappa shape index (κ1) is 24.7. The van der Waals surface area contributed by atoms with Crippen molar-refractivity contribution < 1.29 is 24.3 Å². The van der Waals surface area contributed by atoms with Crippen LogP contribution in [0.3, 0.4) is 0 Å². The summed E-state index contributed by atoms with van der Waals surface area (Å²) in [6.07, 6.45) is 2.90. The van der Waals surface area contributed by atoms with Gasteiger partial charge in [0.2, 0.25) is 17.7 Å². The van der Waals surface area contributed by atoms with Gasteiger partial charge >= 0.3 is 5.97 Å². The largest absolute Gasteiger partial charge is 0.480 e. The number of carboxylic acids is 1. The molecule has 2 fully saturated rings. The summed E-state index contributed by atoms with van der Waals surface area (Å²) in [6, 6.07) is 6.20. The lowest BCUT2D eigenvalue weighted by Crippen LogP contribution is -2.58. The minimum Gasteiger partial charge on any atom is -0.480 e. The Morgan fingerprint density at radius 3 is 2.39 bits per heavy atom. The van der Waals surface area contributed by atoms with Crippen molar-refractivity contribution in [1.82, 2.24) is 20.9 Å². The fourth-order valence-electron chi connectivity index (χ4n) is 4.48. The molecule has 2 aliphatic rings. The third-order valence-corrected chi connectivity index (χ3v) is 6.34. The van der Waals surface area contributed by atoms with Crippen molar-refractivity contribution in [2.45, 2.75) is 70.1 Å². The van der Waals surface area contributed by atoms with E-state index < -0.39 is 30.0 Å². The van der Waals surface area contributed by atoms with Gasteiger partial charge in [0.15, 0.2) is 0 Å². The summed E-state index contributed by atoms with van der Waals surface area (Å²) in [6.45, 7) is 4.89. The van der Waals surface area contributed by atoms with Crippen LogP contribution in [0.25, 0.3) is 0 Å². The third-order valence-electron chi connectivity index (χ3n) is 6.34. The lowest BCUT2D eigenvalue weighted by Gasteiger charge is -2.31. The highest BCUT2D eigenvalue weighted by atomic mass is 16.4. The number of hydrogen-bond acceptors (Lipinski definition) is 5. The molecule has 0 radical (unpaired) electrons. The van der Waals surface area contributed by atoms with Crippen LogP contribution in [0.1, 0.15) is 45.1 Å². The average Bonchev–Trinajstić information content (AvgIpc) is 3.49. The van der Waals surface area contributed by atoms with E-state index in [2.05, 4.69) is 16.0 Å². The molecule has 4 unspecified atom stereocenters. The molecule has 3 rings (SSSR count). The molecule has 9 nitrogen and oxygen atoms in total. The van der Waals surface area contributed by atoms with Crippen LogP contribution in [0, 0.1) is 5.92 Å². The second-order valence-electron chi connectivity index (χ2n) is 9.16. The molecule has 33 heavy (non-hydrogen) atoms. The van der Waals surface area contributed by atoms with Crippen molar-refractivity contribution in [3.63, 3.8) is 0 Å². The molecule has 2 aliphatic heterocycles. The van der Waals surface area contributed by atoms with Gasteiger partial charge in [-0.3, -0.25) is 14.4 Å². The molecule has 2 saturated heterocycles. The van der Waals surface area contributed by atoms with E-state index in [1.165, 1.54) is 4.90 Å². The first-order valence-corrected chi connectivity index (χ1v) is 11.7. The number of carboxylic acid groups (broad SMARTS) is 1. The number of aliphatic carboxylic acids is 1. The van der Waals surface area contributed by atoms with Crippen LogP contribution >= 0.6 is 0 Å². The van der Waals surface area contributed by atoms with Crippen LogP contribution in [0.15, 0.2) is 30.3 Å². The minimum absolute atomic E-state index is 0.154. The Morgan fingerprint density at radius 2 is 1.79 bits per heavy atom. The molecule has 4 N–H and O–H groups in total. The number of nitrogens with one attached hydrogen (secondary N) is 3. The molecule has 0 aliphatic carbocycles. The maximum atomic E-state index is 13.4. The number of likely N-dealkylation sites (tertiary alicyclic amines) is 1. The lowest BCUT2D eigenvalue weighted by molar-refractivity contribution is -0.145. The Labute approximate surface area is 194 Å². The number of carbonyl (C=O) groups is 4. The molecular formula is C24H34N4O5. The first-order valence-electron chi connectivity index (χ1n) is 11.7. The predicted molar refractivity (Wildman–Crippen MR) is 122 cm³/mol. The molecule has 1 aromatic rings. The Hall–Kier alpha value is -2.94. The Balaban J connectivity index is 1.66. The van der Waals surface area contributed by atoms with Crippen LogP contribution in [-0.2, 0) is 25.6 Å². The summed E-state index contributed by atoms with van der Waals surface area (Å²) in [5, 5.41) is 18.2. The van der Waals surface area contributed by atoms with Crippen molar-refractivity contribution in [3.8, 4) is 0 Å². The van der Waals surface area contributed by atoms with Gasteiger partial charge in [0.1, 0.15) is 18.1 Å². The SMILES string of the molecule is CC(C)C(NC(=O)C1CCCN1)C(=O)N1CCCC1C(=O)NC(Cc1ccccc1)C(=O)O. The van der Waals surface area contributed by atoms with Crippen LogP contribution in [-0.4, -0.2) is 71.0 Å². The Bertz CT molecular complexity index is 854. The van der Waals surface area contributed by atoms with Crippen molar-refractivity contribution in [2.75, 3.05) is 13.1 Å². The summed E-state index contributed by atoms with van der Waals surface area (Å²) in [4.78, 5) is 52.2. The molecule has 9 heteroatoms. The topological polar surface area (TPSA) is 128 Å². The Kier molecular flexibility index (Phi) is 8.43. The Morgan fingerprint density at radius 1 is 1.06 bits per heavy atom. The van der Waals surface area contributed by atoms with E-state index in [1.807, 2.05) is 44.2 Å². The maximum Gasteiger partial charge on any atom is 0.326 e. The van der Waals surface area contributed by atoms with E-state index in [4.69, 9.17) is 0 Å². The average molecular weight is 459 g/mol. The van der Waals surface area contributed by atoms with Gasteiger partial charge in [0.25, 0.3) is 0 Å². The summed E-state index contributed by atoms with van der Waals surface area (Å²) in [5.74, 6) is -2.26. The molecule has 4 atom stereocenters. The smallest absolute Gasteiger partial charge is 0.326 e. The zero-order chi connectivity index (χ0) is 24.0. The number of carbonyl (C=O) groups excluding carboxylic acids is 3. The monoisotopic (exact) mass is 458 g/mol. The van der Waals surface area contributed by atoms with Gasteiger partial charge in [-0.2, -0.15) is 0 Å². The molecule has 0 bridgehead atoms. The van der Waals surface area contributed by atoms with E-state index in [0.717, 1.165) is 24.9 Å². The molecule has 1 aromatic carbocycles. The quantitative estimate of drug-likeness (QED) is 0.431. The fraction of sp³-hybridized carbons (Fsp3) is 0.583. The second-order valence-corrected chi connectivity index (χ2v) is 9.16. The van der Waals surface area contributed by atoms with E-state index in [9.17, 15) is 24.3 Å². The molecule has 0 aromatic heterocycles. The van der Waals surface area contributed by atoms with E-state index in [-0.39, 0.29) is 30.2 Å². The van der Waals surface area contributed by atoms with Crippen molar-refractivity contribution in [3.05, 3.63) is 35.9 Å². The number of benzene rings is 1. The predicted octanol–water partition coefficient (Wildman–Crippen LogP) is 0.682.